The third kappa shape index (κ3) is 7.19. The van der Waals surface area contributed by atoms with Gasteiger partial charge in [0.2, 0.25) is 5.91 Å². The summed E-state index contributed by atoms with van der Waals surface area (Å²) in [7, 11) is 0. The standard InChI is InChI=1S/C11H21NO7/c13-4-2-1-3-9(17)12-5-7(15)10(18)11(19)8(16)6-14/h4,7-8,10-11,14-16,18-19H,1-3,5-6H2,(H,12,17)/t7-,8+,10+,11+/m0/s1. The van der Waals surface area contributed by atoms with E-state index in [-0.39, 0.29) is 19.4 Å². The van der Waals surface area contributed by atoms with Gasteiger partial charge < -0.3 is 35.6 Å². The van der Waals surface area contributed by atoms with E-state index in [0.29, 0.717) is 12.7 Å². The third-order valence-electron chi connectivity index (χ3n) is 2.56. The predicted molar refractivity (Wildman–Crippen MR) is 64.0 cm³/mol. The number of aliphatic hydroxyl groups is 5. The van der Waals surface area contributed by atoms with Crippen molar-refractivity contribution in [1.29, 1.82) is 0 Å². The van der Waals surface area contributed by atoms with Gasteiger partial charge in [-0.25, -0.2) is 0 Å². The molecular formula is C11H21NO7. The lowest BCUT2D eigenvalue weighted by Crippen LogP contribution is -2.49. The van der Waals surface area contributed by atoms with E-state index in [4.69, 9.17) is 10.2 Å². The van der Waals surface area contributed by atoms with Crippen LogP contribution < -0.4 is 5.32 Å². The minimum atomic E-state index is -1.72. The summed E-state index contributed by atoms with van der Waals surface area (Å²) in [5.41, 5.74) is 0. The van der Waals surface area contributed by atoms with Crippen LogP contribution in [-0.2, 0) is 9.59 Å². The maximum absolute atomic E-state index is 11.2. The highest BCUT2D eigenvalue weighted by molar-refractivity contribution is 5.76. The molecule has 0 radical (unpaired) electrons. The lowest BCUT2D eigenvalue weighted by atomic mass is 10.0. The molecular weight excluding hydrogens is 258 g/mol. The summed E-state index contributed by atoms with van der Waals surface area (Å²) in [6.45, 7) is -1.07. The Kier molecular flexibility index (Phi) is 9.27. The fourth-order valence-corrected chi connectivity index (χ4v) is 1.34. The van der Waals surface area contributed by atoms with Gasteiger partial charge in [0.1, 0.15) is 24.6 Å². The van der Waals surface area contributed by atoms with E-state index < -0.39 is 36.9 Å². The molecule has 0 heterocycles. The third-order valence-corrected chi connectivity index (χ3v) is 2.56. The Hall–Kier alpha value is -1.06. The molecule has 6 N–H and O–H groups in total. The first-order valence-corrected chi connectivity index (χ1v) is 5.97. The molecule has 0 fully saturated rings. The SMILES string of the molecule is O=CCCCC(=O)NC[C@H](O)[C@@H](O)[C@H](O)[C@H](O)CO. The minimum Gasteiger partial charge on any atom is -0.394 e. The van der Waals surface area contributed by atoms with E-state index in [2.05, 4.69) is 5.32 Å². The fourth-order valence-electron chi connectivity index (χ4n) is 1.34. The van der Waals surface area contributed by atoms with Gasteiger partial charge in [-0.1, -0.05) is 0 Å². The molecule has 0 unspecified atom stereocenters. The molecule has 0 aromatic rings. The Bertz CT molecular complexity index is 274. The molecule has 8 heteroatoms. The van der Waals surface area contributed by atoms with Gasteiger partial charge in [0.25, 0.3) is 0 Å². The number of carbonyl (C=O) groups is 2. The van der Waals surface area contributed by atoms with Crippen molar-refractivity contribution in [1.82, 2.24) is 5.32 Å². The van der Waals surface area contributed by atoms with Crippen molar-refractivity contribution >= 4 is 12.2 Å². The Morgan fingerprint density at radius 1 is 1.11 bits per heavy atom. The Morgan fingerprint density at radius 3 is 2.21 bits per heavy atom. The number of hydrogen-bond donors (Lipinski definition) is 6. The van der Waals surface area contributed by atoms with E-state index >= 15 is 0 Å². The highest BCUT2D eigenvalue weighted by atomic mass is 16.4. The summed E-state index contributed by atoms with van der Waals surface area (Å²) in [6, 6.07) is 0. The lowest BCUT2D eigenvalue weighted by molar-refractivity contribution is -0.126. The molecule has 0 saturated carbocycles. The second-order valence-electron chi connectivity index (χ2n) is 4.16. The molecule has 1 amide bonds. The molecule has 0 aliphatic rings. The first-order chi connectivity index (χ1) is 8.93. The van der Waals surface area contributed by atoms with Crippen LogP contribution in [0.15, 0.2) is 0 Å². The van der Waals surface area contributed by atoms with Gasteiger partial charge in [-0.15, -0.1) is 0 Å². The van der Waals surface area contributed by atoms with Crippen molar-refractivity contribution < 1.29 is 35.1 Å². The average Bonchev–Trinajstić information content (AvgIpc) is 2.42. The number of hydrogen-bond acceptors (Lipinski definition) is 7. The van der Waals surface area contributed by atoms with E-state index in [0.717, 1.165) is 0 Å². The summed E-state index contributed by atoms with van der Waals surface area (Å²) in [4.78, 5) is 21.3. The van der Waals surface area contributed by atoms with Crippen molar-refractivity contribution in [3.05, 3.63) is 0 Å². The largest absolute Gasteiger partial charge is 0.394 e. The van der Waals surface area contributed by atoms with Crippen molar-refractivity contribution in [2.45, 2.75) is 43.7 Å². The van der Waals surface area contributed by atoms with Crippen molar-refractivity contribution in [3.63, 3.8) is 0 Å². The molecule has 4 atom stereocenters. The molecule has 0 saturated heterocycles. The summed E-state index contributed by atoms with van der Waals surface area (Å²) in [6.07, 6.45) is -5.01. The van der Waals surface area contributed by atoms with Crippen LogP contribution in [0.1, 0.15) is 19.3 Å². The molecule has 0 aromatic carbocycles. The minimum absolute atomic E-state index is 0.114. The van der Waals surface area contributed by atoms with E-state index in [1.807, 2.05) is 0 Å². The summed E-state index contributed by atoms with van der Waals surface area (Å²) in [5, 5.41) is 48.2. The number of aldehydes is 1. The van der Waals surface area contributed by atoms with Crippen LogP contribution in [0.3, 0.4) is 0 Å². The summed E-state index contributed by atoms with van der Waals surface area (Å²) < 4.78 is 0. The lowest BCUT2D eigenvalue weighted by Gasteiger charge is -2.25. The molecule has 8 nitrogen and oxygen atoms in total. The van der Waals surface area contributed by atoms with Gasteiger partial charge in [0.15, 0.2) is 0 Å². The molecule has 0 bridgehead atoms. The zero-order chi connectivity index (χ0) is 14.8. The van der Waals surface area contributed by atoms with E-state index in [1.165, 1.54) is 0 Å². The first kappa shape index (κ1) is 17.9. The maximum Gasteiger partial charge on any atom is 0.220 e. The second kappa shape index (κ2) is 9.82. The number of aliphatic hydroxyl groups excluding tert-OH is 5. The fraction of sp³-hybridized carbons (Fsp3) is 0.818. The van der Waals surface area contributed by atoms with Crippen LogP contribution >= 0.6 is 0 Å². The highest BCUT2D eigenvalue weighted by Crippen LogP contribution is 2.04. The zero-order valence-corrected chi connectivity index (χ0v) is 10.5. The van der Waals surface area contributed by atoms with E-state index in [9.17, 15) is 24.9 Å². The first-order valence-electron chi connectivity index (χ1n) is 5.97. The predicted octanol–water partition coefficient (Wildman–Crippen LogP) is -3.09. The zero-order valence-electron chi connectivity index (χ0n) is 10.5. The molecule has 0 spiro atoms. The van der Waals surface area contributed by atoms with Crippen LogP contribution in [0.4, 0.5) is 0 Å². The Morgan fingerprint density at radius 2 is 1.68 bits per heavy atom. The van der Waals surface area contributed by atoms with Crippen molar-refractivity contribution in [2.24, 2.45) is 0 Å². The van der Waals surface area contributed by atoms with Gasteiger partial charge in [-0.2, -0.15) is 0 Å². The monoisotopic (exact) mass is 279 g/mol. The van der Waals surface area contributed by atoms with Crippen LogP contribution in [-0.4, -0.2) is 75.3 Å². The normalized spacial score (nSPS) is 17.3. The van der Waals surface area contributed by atoms with Crippen LogP contribution in [0, 0.1) is 0 Å². The number of amides is 1. The van der Waals surface area contributed by atoms with Gasteiger partial charge in [0.05, 0.1) is 12.7 Å². The average molecular weight is 279 g/mol. The molecule has 0 aliphatic carbocycles. The summed E-state index contributed by atoms with van der Waals surface area (Å²) >= 11 is 0. The van der Waals surface area contributed by atoms with Crippen LogP contribution in [0.25, 0.3) is 0 Å². The maximum atomic E-state index is 11.2. The summed E-state index contributed by atoms with van der Waals surface area (Å²) in [5.74, 6) is -0.398. The Balaban J connectivity index is 3.98. The van der Waals surface area contributed by atoms with Gasteiger partial charge >= 0.3 is 0 Å². The molecule has 0 aromatic heterocycles. The van der Waals surface area contributed by atoms with Crippen LogP contribution in [0.5, 0.6) is 0 Å². The van der Waals surface area contributed by atoms with Gasteiger partial charge in [-0.05, 0) is 6.42 Å². The number of rotatable bonds is 10. The second-order valence-corrected chi connectivity index (χ2v) is 4.16. The smallest absolute Gasteiger partial charge is 0.220 e. The topological polar surface area (TPSA) is 147 Å². The number of unbranched alkanes of at least 4 members (excludes halogenated alkanes) is 1. The van der Waals surface area contributed by atoms with E-state index in [1.54, 1.807) is 0 Å². The Labute approximate surface area is 110 Å². The van der Waals surface area contributed by atoms with Crippen molar-refractivity contribution in [2.75, 3.05) is 13.2 Å². The molecule has 19 heavy (non-hydrogen) atoms. The molecule has 0 rings (SSSR count). The van der Waals surface area contributed by atoms with Gasteiger partial charge in [-0.3, -0.25) is 4.79 Å². The number of carbonyl (C=O) groups excluding carboxylic acids is 2. The highest BCUT2D eigenvalue weighted by Gasteiger charge is 2.29. The molecule has 112 valence electrons. The molecule has 0 aliphatic heterocycles. The van der Waals surface area contributed by atoms with Crippen LogP contribution in [0.2, 0.25) is 0 Å². The number of nitrogens with one attached hydrogen (secondary N) is 1. The van der Waals surface area contributed by atoms with Gasteiger partial charge in [0, 0.05) is 19.4 Å². The quantitative estimate of drug-likeness (QED) is 0.183. The van der Waals surface area contributed by atoms with Crippen molar-refractivity contribution in [3.8, 4) is 0 Å².